The normalized spacial score (nSPS) is 13.4. The molecule has 1 rings (SSSR count). The van der Waals surface area contributed by atoms with Crippen molar-refractivity contribution >= 4 is 15.0 Å². The first-order chi connectivity index (χ1) is 8.75. The number of carbonyl (C=O) groups excluding carboxylic acids is 1. The fourth-order valence-corrected chi connectivity index (χ4v) is 2.88. The lowest BCUT2D eigenvalue weighted by molar-refractivity contribution is 0.0599. The molecule has 0 saturated heterocycles. The maximum absolute atomic E-state index is 11.4. The van der Waals surface area contributed by atoms with Crippen LogP contribution >= 0.6 is 0 Å². The average Bonchev–Trinajstić information content (AvgIpc) is 2.34. The van der Waals surface area contributed by atoms with E-state index in [-0.39, 0.29) is 17.5 Å². The van der Waals surface area contributed by atoms with E-state index >= 15 is 0 Å². The summed E-state index contributed by atoms with van der Waals surface area (Å²) in [4.78, 5) is 15.7. The molecule has 0 fully saturated rings. The van der Waals surface area contributed by atoms with E-state index in [0.29, 0.717) is 5.56 Å². The van der Waals surface area contributed by atoms with Gasteiger partial charge in [-0.1, -0.05) is 20.8 Å². The first kappa shape index (κ1) is 15.9. The van der Waals surface area contributed by atoms with Crippen molar-refractivity contribution in [1.82, 2.24) is 4.98 Å². The van der Waals surface area contributed by atoms with Gasteiger partial charge in [0.15, 0.2) is 9.04 Å². The van der Waals surface area contributed by atoms with E-state index in [2.05, 4.69) is 43.6 Å². The van der Waals surface area contributed by atoms with Crippen molar-refractivity contribution in [2.45, 2.75) is 40.0 Å². The van der Waals surface area contributed by atoms with Gasteiger partial charge in [-0.3, -0.25) is 4.98 Å². The van der Waals surface area contributed by atoms with Crippen molar-refractivity contribution in [2.24, 2.45) is 5.41 Å². The summed E-state index contributed by atoms with van der Waals surface area (Å²) >= 11 is 0. The topological polar surface area (TPSA) is 48.4 Å². The molecule has 1 aromatic heterocycles. The molecule has 1 heterocycles. The van der Waals surface area contributed by atoms with Gasteiger partial charge in [-0.2, -0.15) is 0 Å². The third-order valence-electron chi connectivity index (χ3n) is 2.67. The number of hydrogen-bond acceptors (Lipinski definition) is 4. The Kier molecular flexibility index (Phi) is 5.26. The van der Waals surface area contributed by atoms with E-state index in [9.17, 15) is 4.79 Å². The molecule has 1 aromatic rings. The number of pyridine rings is 1. The van der Waals surface area contributed by atoms with Gasteiger partial charge in [-0.05, 0) is 30.6 Å². The zero-order valence-electron chi connectivity index (χ0n) is 12.6. The molecule has 0 saturated carbocycles. The Morgan fingerprint density at radius 1 is 1.32 bits per heavy atom. The molecule has 0 aliphatic rings. The second-order valence-corrected chi connectivity index (χ2v) is 8.26. The van der Waals surface area contributed by atoms with Crippen molar-refractivity contribution in [3.05, 3.63) is 29.6 Å². The van der Waals surface area contributed by atoms with Crippen LogP contribution in [0.3, 0.4) is 0 Å². The van der Waals surface area contributed by atoms with Gasteiger partial charge in [0.2, 0.25) is 0 Å². The average molecular weight is 281 g/mol. The number of esters is 1. The molecule has 0 aliphatic carbocycles. The van der Waals surface area contributed by atoms with E-state index in [1.54, 1.807) is 12.3 Å². The third-order valence-corrected chi connectivity index (χ3v) is 3.49. The molecule has 0 amide bonds. The molecule has 1 atom stereocenters. The fraction of sp³-hybridized carbons (Fsp3) is 0.571. The molecule has 0 spiro atoms. The predicted molar refractivity (Wildman–Crippen MR) is 77.7 cm³/mol. The minimum absolute atomic E-state index is 0.0307. The number of hydrogen-bond donors (Lipinski definition) is 0. The molecule has 1 unspecified atom stereocenters. The molecule has 4 nitrogen and oxygen atoms in total. The summed E-state index contributed by atoms with van der Waals surface area (Å²) in [7, 11) is 0.195. The number of nitrogens with zero attached hydrogens (tertiary/aromatic N) is 1. The van der Waals surface area contributed by atoms with Crippen LogP contribution in [0.2, 0.25) is 13.1 Å². The summed E-state index contributed by atoms with van der Waals surface area (Å²) in [6, 6.07) is 3.58. The van der Waals surface area contributed by atoms with Gasteiger partial charge >= 0.3 is 5.97 Å². The summed E-state index contributed by atoms with van der Waals surface area (Å²) < 4.78 is 10.8. The molecule has 106 valence electrons. The minimum atomic E-state index is -1.17. The fourth-order valence-electron chi connectivity index (χ4n) is 1.79. The molecule has 5 heteroatoms. The van der Waals surface area contributed by atoms with E-state index in [1.165, 1.54) is 7.11 Å². The van der Waals surface area contributed by atoms with Crippen LogP contribution in [0, 0.1) is 5.41 Å². The molecular weight excluding hydrogens is 258 g/mol. The van der Waals surface area contributed by atoms with E-state index in [4.69, 9.17) is 4.43 Å². The molecule has 0 aromatic carbocycles. The number of aromatic nitrogens is 1. The predicted octanol–water partition coefficient (Wildman–Crippen LogP) is 2.96. The monoisotopic (exact) mass is 281 g/mol. The summed E-state index contributed by atoms with van der Waals surface area (Å²) in [5.74, 6) is -0.370. The zero-order valence-corrected chi connectivity index (χ0v) is 13.7. The van der Waals surface area contributed by atoms with Crippen LogP contribution in [0.25, 0.3) is 0 Å². The van der Waals surface area contributed by atoms with Gasteiger partial charge in [0.1, 0.15) is 0 Å². The maximum atomic E-state index is 11.4. The Hall–Kier alpha value is -1.20. The second kappa shape index (κ2) is 6.30. The van der Waals surface area contributed by atoms with Gasteiger partial charge in [0.25, 0.3) is 0 Å². The second-order valence-electron chi connectivity index (χ2n) is 5.89. The SMILES string of the molecule is COC(=O)c1ccc(C(O[SiH](C)C)C(C)(C)C)nc1. The number of rotatable bonds is 4. The van der Waals surface area contributed by atoms with Crippen LogP contribution in [-0.4, -0.2) is 27.1 Å². The zero-order chi connectivity index (χ0) is 14.6. The molecular formula is C14H23NO3Si. The number of ether oxygens (including phenoxy) is 1. The quantitative estimate of drug-likeness (QED) is 0.629. The summed E-state index contributed by atoms with van der Waals surface area (Å²) in [6.45, 7) is 10.7. The highest BCUT2D eigenvalue weighted by Gasteiger charge is 2.29. The molecule has 0 aliphatic heterocycles. The first-order valence-electron chi connectivity index (χ1n) is 6.45. The van der Waals surface area contributed by atoms with Crippen molar-refractivity contribution in [3.63, 3.8) is 0 Å². The third kappa shape index (κ3) is 4.43. The maximum Gasteiger partial charge on any atom is 0.339 e. The first-order valence-corrected chi connectivity index (χ1v) is 9.23. The molecule has 0 radical (unpaired) electrons. The van der Waals surface area contributed by atoms with Crippen LogP contribution in [0.1, 0.15) is 42.9 Å². The summed E-state index contributed by atoms with van der Waals surface area (Å²) in [5.41, 5.74) is 1.29. The van der Waals surface area contributed by atoms with Crippen molar-refractivity contribution < 1.29 is 14.0 Å². The lowest BCUT2D eigenvalue weighted by atomic mass is 9.87. The van der Waals surface area contributed by atoms with E-state index < -0.39 is 9.04 Å². The van der Waals surface area contributed by atoms with Crippen LogP contribution in [0.4, 0.5) is 0 Å². The molecule has 0 N–H and O–H groups in total. The van der Waals surface area contributed by atoms with E-state index in [1.807, 2.05) is 6.07 Å². The standard InChI is InChI=1S/C14H23NO3Si/c1-14(2,3)12(18-19(5)6)11-8-7-10(9-15-11)13(16)17-4/h7-9,12,19H,1-6H3. The van der Waals surface area contributed by atoms with Gasteiger partial charge in [-0.25, -0.2) is 4.79 Å². The Labute approximate surface area is 116 Å². The van der Waals surface area contributed by atoms with Crippen LogP contribution in [0.15, 0.2) is 18.3 Å². The summed E-state index contributed by atoms with van der Waals surface area (Å²) in [6.07, 6.45) is 1.50. The molecule has 19 heavy (non-hydrogen) atoms. The Morgan fingerprint density at radius 3 is 2.32 bits per heavy atom. The van der Waals surface area contributed by atoms with Crippen LogP contribution < -0.4 is 0 Å². The minimum Gasteiger partial charge on any atom is -0.465 e. The van der Waals surface area contributed by atoms with E-state index in [0.717, 1.165) is 5.69 Å². The van der Waals surface area contributed by atoms with Crippen LogP contribution in [0.5, 0.6) is 0 Å². The van der Waals surface area contributed by atoms with Crippen molar-refractivity contribution in [3.8, 4) is 0 Å². The highest BCUT2D eigenvalue weighted by Crippen LogP contribution is 2.35. The summed E-state index contributed by atoms with van der Waals surface area (Å²) in [5, 5.41) is 0. The smallest absolute Gasteiger partial charge is 0.339 e. The van der Waals surface area contributed by atoms with Gasteiger partial charge < -0.3 is 9.16 Å². The van der Waals surface area contributed by atoms with Gasteiger partial charge in [0, 0.05) is 6.20 Å². The highest BCUT2D eigenvalue weighted by molar-refractivity contribution is 6.48. The van der Waals surface area contributed by atoms with Crippen molar-refractivity contribution in [2.75, 3.05) is 7.11 Å². The number of methoxy groups -OCH3 is 1. The lowest BCUT2D eigenvalue weighted by Crippen LogP contribution is -2.26. The Balaban J connectivity index is 3.01. The highest BCUT2D eigenvalue weighted by atomic mass is 28.3. The lowest BCUT2D eigenvalue weighted by Gasteiger charge is -2.32. The van der Waals surface area contributed by atoms with Crippen LogP contribution in [-0.2, 0) is 9.16 Å². The largest absolute Gasteiger partial charge is 0.465 e. The van der Waals surface area contributed by atoms with Gasteiger partial charge in [0.05, 0.1) is 24.5 Å². The Morgan fingerprint density at radius 2 is 1.95 bits per heavy atom. The molecule has 0 bridgehead atoms. The van der Waals surface area contributed by atoms with Crippen molar-refractivity contribution in [1.29, 1.82) is 0 Å². The van der Waals surface area contributed by atoms with Gasteiger partial charge in [-0.15, -0.1) is 0 Å². The number of carbonyl (C=O) groups is 1. The Bertz CT molecular complexity index is 423.